The highest BCUT2D eigenvalue weighted by atomic mass is 16.5. The maximum atomic E-state index is 11.7. The molecule has 1 heterocycles. The minimum atomic E-state index is -0.714. The number of allylic oxidation sites excluding steroid dienone is 2. The molecule has 1 aliphatic rings. The van der Waals surface area contributed by atoms with Crippen molar-refractivity contribution < 1.29 is 14.3 Å². The molecule has 0 fully saturated rings. The lowest BCUT2D eigenvalue weighted by Gasteiger charge is -2.09. The van der Waals surface area contributed by atoms with Gasteiger partial charge < -0.3 is 4.74 Å². The van der Waals surface area contributed by atoms with Gasteiger partial charge in [0.25, 0.3) is 5.91 Å². The summed E-state index contributed by atoms with van der Waals surface area (Å²) < 4.78 is 5.05. The molecule has 0 bridgehead atoms. The Bertz CT molecular complexity index is 490. The molecule has 0 saturated heterocycles. The van der Waals surface area contributed by atoms with E-state index in [0.717, 1.165) is 11.3 Å². The molecule has 1 unspecified atom stereocenters. The van der Waals surface area contributed by atoms with Gasteiger partial charge in [0.2, 0.25) is 0 Å². The summed E-state index contributed by atoms with van der Waals surface area (Å²) in [5, 5.41) is 0. The molecule has 0 saturated carbocycles. The summed E-state index contributed by atoms with van der Waals surface area (Å²) in [5.41, 5.74) is 0.910. The zero-order chi connectivity index (χ0) is 13.0. The fourth-order valence-corrected chi connectivity index (χ4v) is 1.77. The lowest BCUT2D eigenvalue weighted by Crippen LogP contribution is -2.22. The van der Waals surface area contributed by atoms with Crippen molar-refractivity contribution in [3.63, 3.8) is 0 Å². The predicted molar refractivity (Wildman–Crippen MR) is 67.8 cm³/mol. The summed E-state index contributed by atoms with van der Waals surface area (Å²) in [6, 6.07) is 7.30. The number of nitrogens with zero attached hydrogens (tertiary/aromatic N) is 1. The second kappa shape index (κ2) is 5.40. The van der Waals surface area contributed by atoms with Crippen molar-refractivity contribution in [2.45, 2.75) is 6.42 Å². The topological polar surface area (TPSA) is 55.7 Å². The lowest BCUT2D eigenvalue weighted by molar-refractivity contribution is -0.129. The Morgan fingerprint density at radius 3 is 2.61 bits per heavy atom. The number of ether oxygens (including phenoxy) is 1. The first-order chi connectivity index (χ1) is 8.70. The number of methoxy groups -OCH3 is 1. The van der Waals surface area contributed by atoms with Crippen LogP contribution in [-0.2, 0) is 16.0 Å². The van der Waals surface area contributed by atoms with Crippen molar-refractivity contribution in [3.8, 4) is 5.75 Å². The van der Waals surface area contributed by atoms with Crippen LogP contribution in [0.15, 0.2) is 41.4 Å². The minimum Gasteiger partial charge on any atom is -0.497 e. The standard InChI is InChI=1S/C14H13NO3/c1-18-11-6-4-10(5-7-11)9-12-13(16)3-2-8-15-14(12)17/h2-8,12H,9H2,1H3. The third-order valence-corrected chi connectivity index (χ3v) is 2.79. The molecule has 4 nitrogen and oxygen atoms in total. The predicted octanol–water partition coefficient (Wildman–Crippen LogP) is 1.59. The van der Waals surface area contributed by atoms with Gasteiger partial charge in [-0.1, -0.05) is 12.1 Å². The van der Waals surface area contributed by atoms with E-state index >= 15 is 0 Å². The Kier molecular flexibility index (Phi) is 3.67. The van der Waals surface area contributed by atoms with E-state index in [9.17, 15) is 9.59 Å². The molecule has 1 aromatic rings. The summed E-state index contributed by atoms with van der Waals surface area (Å²) in [6.07, 6.45) is 4.61. The SMILES string of the molecule is COc1ccc(CC2C(=O)C=CC=NC2=O)cc1. The molecule has 92 valence electrons. The number of aliphatic imine (C=N–C) groups is 1. The average molecular weight is 243 g/mol. The number of amides is 1. The number of hydrogen-bond donors (Lipinski definition) is 0. The van der Waals surface area contributed by atoms with Gasteiger partial charge in [0, 0.05) is 6.21 Å². The van der Waals surface area contributed by atoms with E-state index in [4.69, 9.17) is 4.74 Å². The van der Waals surface area contributed by atoms with E-state index in [1.807, 2.05) is 12.1 Å². The summed E-state index contributed by atoms with van der Waals surface area (Å²) in [7, 11) is 1.59. The van der Waals surface area contributed by atoms with E-state index in [2.05, 4.69) is 4.99 Å². The van der Waals surface area contributed by atoms with Crippen molar-refractivity contribution in [2.75, 3.05) is 7.11 Å². The average Bonchev–Trinajstić information content (AvgIpc) is 2.55. The van der Waals surface area contributed by atoms with Gasteiger partial charge >= 0.3 is 0 Å². The Hall–Kier alpha value is -2.23. The Balaban J connectivity index is 2.16. The van der Waals surface area contributed by atoms with Gasteiger partial charge in [0.15, 0.2) is 5.78 Å². The molecule has 1 aromatic carbocycles. The van der Waals surface area contributed by atoms with Gasteiger partial charge in [0.05, 0.1) is 7.11 Å². The van der Waals surface area contributed by atoms with Crippen LogP contribution in [0.3, 0.4) is 0 Å². The molecule has 0 spiro atoms. The number of rotatable bonds is 3. The van der Waals surface area contributed by atoms with Gasteiger partial charge in [-0.05, 0) is 36.3 Å². The first-order valence-electron chi connectivity index (χ1n) is 5.62. The van der Waals surface area contributed by atoms with Gasteiger partial charge in [-0.15, -0.1) is 0 Å². The van der Waals surface area contributed by atoms with Crippen LogP contribution in [0, 0.1) is 5.92 Å². The summed E-state index contributed by atoms with van der Waals surface area (Å²) in [6.45, 7) is 0. The largest absolute Gasteiger partial charge is 0.497 e. The van der Waals surface area contributed by atoms with Crippen molar-refractivity contribution in [3.05, 3.63) is 42.0 Å². The molecule has 1 atom stereocenters. The third-order valence-electron chi connectivity index (χ3n) is 2.79. The van der Waals surface area contributed by atoms with Crippen molar-refractivity contribution >= 4 is 17.9 Å². The van der Waals surface area contributed by atoms with Crippen LogP contribution in [0.2, 0.25) is 0 Å². The lowest BCUT2D eigenvalue weighted by atomic mass is 9.94. The summed E-state index contributed by atoms with van der Waals surface area (Å²) in [4.78, 5) is 27.1. The van der Waals surface area contributed by atoms with Gasteiger partial charge in [-0.3, -0.25) is 9.59 Å². The molecule has 1 aliphatic heterocycles. The highest BCUT2D eigenvalue weighted by Gasteiger charge is 2.25. The van der Waals surface area contributed by atoms with Gasteiger partial charge in [-0.2, -0.15) is 0 Å². The van der Waals surface area contributed by atoms with Crippen LogP contribution in [0.25, 0.3) is 0 Å². The van der Waals surface area contributed by atoms with E-state index in [1.165, 1.54) is 18.4 Å². The van der Waals surface area contributed by atoms with Crippen molar-refractivity contribution in [1.29, 1.82) is 0 Å². The van der Waals surface area contributed by atoms with E-state index < -0.39 is 5.92 Å². The molecule has 4 heteroatoms. The van der Waals surface area contributed by atoms with E-state index in [1.54, 1.807) is 19.2 Å². The number of carbonyl (C=O) groups excluding carboxylic acids is 2. The molecule has 18 heavy (non-hydrogen) atoms. The third kappa shape index (κ3) is 2.71. The number of ketones is 1. The fraction of sp³-hybridized carbons (Fsp3) is 0.214. The van der Waals surface area contributed by atoms with Crippen LogP contribution in [0.4, 0.5) is 0 Å². The number of hydrogen-bond acceptors (Lipinski definition) is 3. The van der Waals surface area contributed by atoms with Crippen LogP contribution >= 0.6 is 0 Å². The van der Waals surface area contributed by atoms with Crippen LogP contribution in [0.5, 0.6) is 5.75 Å². The first kappa shape index (κ1) is 12.2. The maximum absolute atomic E-state index is 11.7. The Morgan fingerprint density at radius 1 is 1.22 bits per heavy atom. The number of benzene rings is 1. The van der Waals surface area contributed by atoms with E-state index in [0.29, 0.717) is 6.42 Å². The van der Waals surface area contributed by atoms with Crippen molar-refractivity contribution in [1.82, 2.24) is 0 Å². The highest BCUT2D eigenvalue weighted by molar-refractivity contribution is 6.12. The molecule has 0 radical (unpaired) electrons. The molecular weight excluding hydrogens is 230 g/mol. The number of carbonyl (C=O) groups is 2. The zero-order valence-electron chi connectivity index (χ0n) is 10.00. The first-order valence-corrected chi connectivity index (χ1v) is 5.62. The zero-order valence-corrected chi connectivity index (χ0v) is 10.00. The quantitative estimate of drug-likeness (QED) is 0.757. The van der Waals surface area contributed by atoms with Gasteiger partial charge in [0.1, 0.15) is 11.7 Å². The van der Waals surface area contributed by atoms with Crippen LogP contribution < -0.4 is 4.74 Å². The van der Waals surface area contributed by atoms with E-state index in [-0.39, 0.29) is 11.7 Å². The molecule has 0 N–H and O–H groups in total. The smallest absolute Gasteiger partial charge is 0.256 e. The second-order valence-electron chi connectivity index (χ2n) is 3.98. The summed E-state index contributed by atoms with van der Waals surface area (Å²) >= 11 is 0. The molecule has 0 aromatic heterocycles. The Labute approximate surface area is 105 Å². The monoisotopic (exact) mass is 243 g/mol. The fourth-order valence-electron chi connectivity index (χ4n) is 1.77. The summed E-state index contributed by atoms with van der Waals surface area (Å²) in [5.74, 6) is -0.558. The molecule has 2 rings (SSSR count). The Morgan fingerprint density at radius 2 is 1.94 bits per heavy atom. The maximum Gasteiger partial charge on any atom is 0.256 e. The molecule has 0 aliphatic carbocycles. The minimum absolute atomic E-state index is 0.201. The van der Waals surface area contributed by atoms with Gasteiger partial charge in [-0.25, -0.2) is 4.99 Å². The van der Waals surface area contributed by atoms with Crippen LogP contribution in [0.1, 0.15) is 5.56 Å². The molecular formula is C14H13NO3. The normalized spacial score (nSPS) is 18.8. The second-order valence-corrected chi connectivity index (χ2v) is 3.98. The highest BCUT2D eigenvalue weighted by Crippen LogP contribution is 2.17. The van der Waals surface area contributed by atoms with Crippen LogP contribution in [-0.4, -0.2) is 25.0 Å². The molecule has 1 amide bonds. The van der Waals surface area contributed by atoms with Crippen molar-refractivity contribution in [2.24, 2.45) is 10.9 Å².